The summed E-state index contributed by atoms with van der Waals surface area (Å²) < 4.78 is 27.0. The molecule has 0 saturated carbocycles. The van der Waals surface area contributed by atoms with Crippen molar-refractivity contribution in [3.05, 3.63) is 0 Å². The third-order valence-electron chi connectivity index (χ3n) is 2.82. The average molecular weight is 266 g/mol. The van der Waals surface area contributed by atoms with Gasteiger partial charge in [-0.3, -0.25) is 0 Å². The van der Waals surface area contributed by atoms with Gasteiger partial charge in [0.05, 0.1) is 12.2 Å². The van der Waals surface area contributed by atoms with Crippen molar-refractivity contribution in [1.82, 2.24) is 8.61 Å². The highest BCUT2D eigenvalue weighted by molar-refractivity contribution is 7.86. The fraction of sp³-hybridized carbons (Fsp3) is 1.00. The molecule has 6 nitrogen and oxygen atoms in total. The van der Waals surface area contributed by atoms with Crippen LogP contribution in [0.4, 0.5) is 0 Å². The topological polar surface area (TPSA) is 81.1 Å². The fourth-order valence-corrected chi connectivity index (χ4v) is 3.76. The van der Waals surface area contributed by atoms with Crippen molar-refractivity contribution < 1.29 is 18.6 Å². The summed E-state index contributed by atoms with van der Waals surface area (Å²) in [6.45, 7) is 4.75. The molecule has 1 aliphatic heterocycles. The Bertz CT molecular complexity index is 309. The Morgan fingerprint density at radius 1 is 1.12 bits per heavy atom. The van der Waals surface area contributed by atoms with Gasteiger partial charge in [-0.15, -0.1) is 0 Å². The Kier molecular flexibility index (Phi) is 5.33. The minimum absolute atomic E-state index is 0.0204. The van der Waals surface area contributed by atoms with Gasteiger partial charge in [0.2, 0.25) is 0 Å². The molecular weight excluding hydrogens is 244 g/mol. The van der Waals surface area contributed by atoms with E-state index in [4.69, 9.17) is 0 Å². The van der Waals surface area contributed by atoms with Gasteiger partial charge in [-0.2, -0.15) is 17.0 Å². The van der Waals surface area contributed by atoms with E-state index in [0.717, 1.165) is 17.1 Å². The van der Waals surface area contributed by atoms with E-state index >= 15 is 0 Å². The zero-order valence-electron chi connectivity index (χ0n) is 10.4. The molecule has 2 N–H and O–H groups in total. The van der Waals surface area contributed by atoms with Crippen LogP contribution in [0.15, 0.2) is 0 Å². The van der Waals surface area contributed by atoms with E-state index in [2.05, 4.69) is 0 Å². The summed E-state index contributed by atoms with van der Waals surface area (Å²) in [6.07, 6.45) is -0.458. The molecule has 1 fully saturated rings. The minimum Gasteiger partial charge on any atom is -0.389 e. The predicted octanol–water partition coefficient (Wildman–Crippen LogP) is -0.609. The van der Waals surface area contributed by atoms with Gasteiger partial charge in [-0.25, -0.2) is 0 Å². The molecular formula is C10H22N2O4S. The molecule has 0 aliphatic carbocycles. The van der Waals surface area contributed by atoms with Crippen molar-refractivity contribution in [2.75, 3.05) is 26.2 Å². The Balaban J connectivity index is 2.78. The van der Waals surface area contributed by atoms with Crippen LogP contribution in [0.25, 0.3) is 0 Å². The van der Waals surface area contributed by atoms with Crippen LogP contribution in [0, 0.1) is 0 Å². The molecule has 0 amide bonds. The largest absolute Gasteiger partial charge is 0.389 e. The van der Waals surface area contributed by atoms with Crippen LogP contribution in [-0.2, 0) is 10.2 Å². The highest BCUT2D eigenvalue weighted by Gasteiger charge is 2.39. The zero-order valence-corrected chi connectivity index (χ0v) is 11.2. The van der Waals surface area contributed by atoms with Gasteiger partial charge < -0.3 is 10.2 Å². The number of aliphatic hydroxyl groups is 2. The number of β-amino-alcohol motifs (C(OH)–C–C–N with tert-alkyl or cyclic N) is 2. The fourth-order valence-electron chi connectivity index (χ4n) is 1.93. The molecule has 7 heteroatoms. The molecule has 1 saturated heterocycles. The van der Waals surface area contributed by atoms with Crippen molar-refractivity contribution in [2.24, 2.45) is 0 Å². The molecule has 1 aliphatic rings. The molecule has 0 bridgehead atoms. The van der Waals surface area contributed by atoms with Gasteiger partial charge in [0, 0.05) is 26.2 Å². The first-order valence-corrected chi connectivity index (χ1v) is 7.44. The smallest absolute Gasteiger partial charge is 0.282 e. The van der Waals surface area contributed by atoms with Gasteiger partial charge in [-0.1, -0.05) is 13.8 Å². The van der Waals surface area contributed by atoms with Crippen LogP contribution in [0.5, 0.6) is 0 Å². The first-order chi connectivity index (χ1) is 7.93. The van der Waals surface area contributed by atoms with Crippen LogP contribution in [0.2, 0.25) is 0 Å². The minimum atomic E-state index is -3.54. The second kappa shape index (κ2) is 6.10. The van der Waals surface area contributed by atoms with Gasteiger partial charge in [-0.05, 0) is 12.8 Å². The van der Waals surface area contributed by atoms with Gasteiger partial charge in [0.15, 0.2) is 0 Å². The van der Waals surface area contributed by atoms with E-state index in [1.807, 2.05) is 13.8 Å². The lowest BCUT2D eigenvalue weighted by atomic mass is 10.3. The Morgan fingerprint density at radius 3 is 1.88 bits per heavy atom. The molecule has 0 aromatic heterocycles. The standard InChI is InChI=1S/C10H22N2O4S/c1-3-5-11(6-4-2)17(15,16)12-7-9(13)10(14)8-12/h9-10,13-14H,3-8H2,1-2H3/t9-,10+. The van der Waals surface area contributed by atoms with E-state index in [9.17, 15) is 18.6 Å². The molecule has 0 aromatic carbocycles. The molecule has 1 heterocycles. The van der Waals surface area contributed by atoms with Crippen molar-refractivity contribution in [3.8, 4) is 0 Å². The molecule has 0 aromatic rings. The van der Waals surface area contributed by atoms with Crippen LogP contribution >= 0.6 is 0 Å². The van der Waals surface area contributed by atoms with Crippen molar-refractivity contribution >= 4 is 10.2 Å². The molecule has 1 rings (SSSR count). The van der Waals surface area contributed by atoms with E-state index < -0.39 is 22.4 Å². The number of rotatable bonds is 6. The molecule has 2 atom stereocenters. The summed E-state index contributed by atoms with van der Waals surface area (Å²) in [7, 11) is -3.54. The first-order valence-electron chi connectivity index (χ1n) is 6.04. The zero-order chi connectivity index (χ0) is 13.1. The van der Waals surface area contributed by atoms with Gasteiger partial charge in [0.1, 0.15) is 0 Å². The van der Waals surface area contributed by atoms with Crippen molar-refractivity contribution in [2.45, 2.75) is 38.9 Å². The number of hydrogen-bond donors (Lipinski definition) is 2. The van der Waals surface area contributed by atoms with Crippen LogP contribution in [-0.4, -0.2) is 65.6 Å². The summed E-state index contributed by atoms with van der Waals surface area (Å²) in [6, 6.07) is 0. The Morgan fingerprint density at radius 2 is 1.53 bits per heavy atom. The molecule has 0 radical (unpaired) electrons. The van der Waals surface area contributed by atoms with Crippen molar-refractivity contribution in [1.29, 1.82) is 0 Å². The third kappa shape index (κ3) is 3.38. The number of nitrogens with zero attached hydrogens (tertiary/aromatic N) is 2. The van der Waals surface area contributed by atoms with Crippen LogP contribution in [0.3, 0.4) is 0 Å². The van der Waals surface area contributed by atoms with Gasteiger partial charge >= 0.3 is 0 Å². The van der Waals surface area contributed by atoms with Crippen molar-refractivity contribution in [3.63, 3.8) is 0 Å². The van der Waals surface area contributed by atoms with E-state index in [1.165, 1.54) is 4.31 Å². The Hall–Kier alpha value is -0.210. The first kappa shape index (κ1) is 14.8. The summed E-state index contributed by atoms with van der Waals surface area (Å²) >= 11 is 0. The maximum Gasteiger partial charge on any atom is 0.282 e. The number of aliphatic hydroxyl groups excluding tert-OH is 2. The maximum absolute atomic E-state index is 12.2. The van der Waals surface area contributed by atoms with Crippen LogP contribution in [0.1, 0.15) is 26.7 Å². The monoisotopic (exact) mass is 266 g/mol. The summed E-state index contributed by atoms with van der Waals surface area (Å²) in [4.78, 5) is 0. The van der Waals surface area contributed by atoms with Crippen LogP contribution < -0.4 is 0 Å². The highest BCUT2D eigenvalue weighted by Crippen LogP contribution is 2.18. The maximum atomic E-state index is 12.2. The normalized spacial score (nSPS) is 26.9. The summed E-state index contributed by atoms with van der Waals surface area (Å²) in [5.74, 6) is 0. The molecule has 0 unspecified atom stereocenters. The highest BCUT2D eigenvalue weighted by atomic mass is 32.2. The number of hydrogen-bond acceptors (Lipinski definition) is 4. The third-order valence-corrected chi connectivity index (χ3v) is 4.79. The lowest BCUT2D eigenvalue weighted by Crippen LogP contribution is -2.44. The summed E-state index contributed by atoms with van der Waals surface area (Å²) in [5, 5.41) is 18.8. The average Bonchev–Trinajstić information content (AvgIpc) is 2.59. The Labute approximate surface area is 103 Å². The lowest BCUT2D eigenvalue weighted by Gasteiger charge is -2.26. The summed E-state index contributed by atoms with van der Waals surface area (Å²) in [5.41, 5.74) is 0. The second-order valence-corrected chi connectivity index (χ2v) is 6.29. The quantitative estimate of drug-likeness (QED) is 0.672. The predicted molar refractivity (Wildman–Crippen MR) is 64.7 cm³/mol. The molecule has 17 heavy (non-hydrogen) atoms. The SMILES string of the molecule is CCCN(CCC)S(=O)(=O)N1C[C@@H](O)[C@@H](O)C1. The van der Waals surface area contributed by atoms with E-state index in [1.54, 1.807) is 0 Å². The molecule has 0 spiro atoms. The van der Waals surface area contributed by atoms with E-state index in [0.29, 0.717) is 13.1 Å². The van der Waals surface area contributed by atoms with E-state index in [-0.39, 0.29) is 13.1 Å². The second-order valence-electron chi connectivity index (χ2n) is 4.36. The lowest BCUT2D eigenvalue weighted by molar-refractivity contribution is 0.0572. The van der Waals surface area contributed by atoms with Gasteiger partial charge in [0.25, 0.3) is 10.2 Å². The molecule has 102 valence electrons.